The number of allylic oxidation sites excluding steroid dienone is 4. The molecule has 0 fully saturated rings. The van der Waals surface area contributed by atoms with E-state index in [2.05, 4.69) is 41.4 Å². The highest BCUT2D eigenvalue weighted by Gasteiger charge is 2.12. The number of benzene rings is 1. The molecular formula is C18H16ClN. The Kier molecular flexibility index (Phi) is 3.98. The van der Waals surface area contributed by atoms with Crippen molar-refractivity contribution in [2.75, 3.05) is 0 Å². The Morgan fingerprint density at radius 3 is 2.70 bits per heavy atom. The third kappa shape index (κ3) is 3.17. The standard InChI is InChI=1S/C18H16ClN/c19-17-9-7-15(8-10-17)16-5-3-4-14(12-16)13-18-6-1-2-11-20-18/h1-3,5-12,14H,4,13H2. The molecule has 2 heteroatoms. The number of pyridine rings is 1. The molecule has 1 heterocycles. The lowest BCUT2D eigenvalue weighted by Gasteiger charge is -2.16. The zero-order valence-electron chi connectivity index (χ0n) is 11.2. The molecule has 0 radical (unpaired) electrons. The van der Waals surface area contributed by atoms with Gasteiger partial charge >= 0.3 is 0 Å². The SMILES string of the molecule is Clc1ccc(C2=CC(Cc3ccccn3)CC=C2)cc1. The lowest BCUT2D eigenvalue weighted by molar-refractivity contribution is 0.644. The van der Waals surface area contributed by atoms with Crippen LogP contribution in [-0.4, -0.2) is 4.98 Å². The first-order chi connectivity index (χ1) is 9.81. The predicted octanol–water partition coefficient (Wildman–Crippen LogP) is 4.94. The highest BCUT2D eigenvalue weighted by Crippen LogP contribution is 2.27. The highest BCUT2D eigenvalue weighted by atomic mass is 35.5. The van der Waals surface area contributed by atoms with Gasteiger partial charge in [0.1, 0.15) is 0 Å². The Bertz CT molecular complexity index is 626. The maximum Gasteiger partial charge on any atom is 0.0409 e. The number of hydrogen-bond donors (Lipinski definition) is 0. The molecule has 1 aromatic heterocycles. The molecule has 0 amide bonds. The van der Waals surface area contributed by atoms with Crippen molar-refractivity contribution in [3.8, 4) is 0 Å². The maximum absolute atomic E-state index is 5.94. The van der Waals surface area contributed by atoms with E-state index >= 15 is 0 Å². The molecule has 2 aromatic rings. The van der Waals surface area contributed by atoms with Crippen LogP contribution in [0.15, 0.2) is 66.9 Å². The summed E-state index contributed by atoms with van der Waals surface area (Å²) in [5, 5.41) is 0.777. The zero-order valence-corrected chi connectivity index (χ0v) is 11.9. The molecule has 1 nitrogen and oxygen atoms in total. The lowest BCUT2D eigenvalue weighted by Crippen LogP contribution is -2.05. The summed E-state index contributed by atoms with van der Waals surface area (Å²) in [4.78, 5) is 4.41. The molecular weight excluding hydrogens is 266 g/mol. The van der Waals surface area contributed by atoms with Crippen LogP contribution in [0.25, 0.3) is 5.57 Å². The van der Waals surface area contributed by atoms with Gasteiger partial charge in [-0.05, 0) is 54.2 Å². The van der Waals surface area contributed by atoms with Gasteiger partial charge in [0, 0.05) is 16.9 Å². The summed E-state index contributed by atoms with van der Waals surface area (Å²) < 4.78 is 0. The first-order valence-corrected chi connectivity index (χ1v) is 7.23. The first kappa shape index (κ1) is 13.1. The van der Waals surface area contributed by atoms with Gasteiger partial charge in [-0.25, -0.2) is 0 Å². The predicted molar refractivity (Wildman–Crippen MR) is 84.6 cm³/mol. The summed E-state index contributed by atoms with van der Waals surface area (Å²) in [6, 6.07) is 14.1. The van der Waals surface area contributed by atoms with Crippen LogP contribution in [0.4, 0.5) is 0 Å². The van der Waals surface area contributed by atoms with Crippen LogP contribution in [0.3, 0.4) is 0 Å². The van der Waals surface area contributed by atoms with Gasteiger partial charge < -0.3 is 0 Å². The quantitative estimate of drug-likeness (QED) is 0.777. The van der Waals surface area contributed by atoms with Gasteiger partial charge in [-0.2, -0.15) is 0 Å². The Balaban J connectivity index is 1.78. The average molecular weight is 282 g/mol. The molecule has 20 heavy (non-hydrogen) atoms. The van der Waals surface area contributed by atoms with Crippen molar-refractivity contribution in [1.82, 2.24) is 4.98 Å². The number of halogens is 1. The van der Waals surface area contributed by atoms with Gasteiger partial charge in [-0.15, -0.1) is 0 Å². The van der Waals surface area contributed by atoms with Gasteiger partial charge in [0.15, 0.2) is 0 Å². The largest absolute Gasteiger partial charge is 0.261 e. The molecule has 3 rings (SSSR count). The summed E-state index contributed by atoms with van der Waals surface area (Å²) in [7, 11) is 0. The summed E-state index contributed by atoms with van der Waals surface area (Å²) in [5.74, 6) is 0.514. The third-order valence-corrected chi connectivity index (χ3v) is 3.78. The molecule has 1 unspecified atom stereocenters. The van der Waals surface area contributed by atoms with E-state index in [1.165, 1.54) is 11.1 Å². The molecule has 0 saturated carbocycles. The van der Waals surface area contributed by atoms with Crippen LogP contribution in [0.1, 0.15) is 17.7 Å². The van der Waals surface area contributed by atoms with E-state index in [-0.39, 0.29) is 0 Å². The van der Waals surface area contributed by atoms with E-state index in [0.29, 0.717) is 5.92 Å². The van der Waals surface area contributed by atoms with E-state index in [9.17, 15) is 0 Å². The normalized spacial score (nSPS) is 17.9. The Hall–Kier alpha value is -1.86. The van der Waals surface area contributed by atoms with E-state index in [0.717, 1.165) is 23.6 Å². The van der Waals surface area contributed by atoms with Crippen LogP contribution in [-0.2, 0) is 6.42 Å². The van der Waals surface area contributed by atoms with Crippen molar-refractivity contribution < 1.29 is 0 Å². The molecule has 0 spiro atoms. The van der Waals surface area contributed by atoms with Crippen molar-refractivity contribution in [2.24, 2.45) is 5.92 Å². The minimum Gasteiger partial charge on any atom is -0.261 e. The van der Waals surface area contributed by atoms with Crippen molar-refractivity contribution in [1.29, 1.82) is 0 Å². The molecule has 1 aliphatic rings. The summed E-state index contributed by atoms with van der Waals surface area (Å²) in [5.41, 5.74) is 3.64. The average Bonchev–Trinajstić information content (AvgIpc) is 2.49. The molecule has 0 saturated heterocycles. The van der Waals surface area contributed by atoms with Gasteiger partial charge in [-0.3, -0.25) is 4.98 Å². The minimum absolute atomic E-state index is 0.514. The second-order valence-electron chi connectivity index (χ2n) is 5.05. The van der Waals surface area contributed by atoms with Gasteiger partial charge in [0.05, 0.1) is 0 Å². The van der Waals surface area contributed by atoms with Crippen molar-refractivity contribution in [3.63, 3.8) is 0 Å². The molecule has 0 aliphatic heterocycles. The van der Waals surface area contributed by atoms with Gasteiger partial charge in [0.2, 0.25) is 0 Å². The molecule has 1 aromatic carbocycles. The fraction of sp³-hybridized carbons (Fsp3) is 0.167. The lowest BCUT2D eigenvalue weighted by atomic mass is 9.89. The molecule has 1 aliphatic carbocycles. The highest BCUT2D eigenvalue weighted by molar-refractivity contribution is 6.30. The number of rotatable bonds is 3. The topological polar surface area (TPSA) is 12.9 Å². The third-order valence-electron chi connectivity index (χ3n) is 3.53. The fourth-order valence-corrected chi connectivity index (χ4v) is 2.64. The van der Waals surface area contributed by atoms with Crippen molar-refractivity contribution >= 4 is 17.2 Å². The van der Waals surface area contributed by atoms with Crippen LogP contribution in [0.5, 0.6) is 0 Å². The van der Waals surface area contributed by atoms with Crippen LogP contribution < -0.4 is 0 Å². The fourth-order valence-electron chi connectivity index (χ4n) is 2.51. The molecule has 0 N–H and O–H groups in total. The maximum atomic E-state index is 5.94. The van der Waals surface area contributed by atoms with E-state index in [1.807, 2.05) is 30.5 Å². The second kappa shape index (κ2) is 6.06. The summed E-state index contributed by atoms with van der Waals surface area (Å²) in [6.45, 7) is 0. The Morgan fingerprint density at radius 1 is 1.10 bits per heavy atom. The van der Waals surface area contributed by atoms with Gasteiger partial charge in [0.25, 0.3) is 0 Å². The smallest absolute Gasteiger partial charge is 0.0409 e. The van der Waals surface area contributed by atoms with Crippen molar-refractivity contribution in [3.05, 3.63) is 83.2 Å². The molecule has 0 bridgehead atoms. The summed E-state index contributed by atoms with van der Waals surface area (Å²) in [6.07, 6.45) is 10.7. The van der Waals surface area contributed by atoms with Gasteiger partial charge in [-0.1, -0.05) is 48.0 Å². The first-order valence-electron chi connectivity index (χ1n) is 6.85. The molecule has 1 atom stereocenters. The van der Waals surface area contributed by atoms with Crippen molar-refractivity contribution in [2.45, 2.75) is 12.8 Å². The number of aromatic nitrogens is 1. The van der Waals surface area contributed by atoms with E-state index < -0.39 is 0 Å². The summed E-state index contributed by atoms with van der Waals surface area (Å²) >= 11 is 5.94. The number of hydrogen-bond acceptors (Lipinski definition) is 1. The van der Waals surface area contributed by atoms with E-state index in [1.54, 1.807) is 0 Å². The van der Waals surface area contributed by atoms with Crippen LogP contribution >= 0.6 is 11.6 Å². The Morgan fingerprint density at radius 2 is 1.95 bits per heavy atom. The van der Waals surface area contributed by atoms with Crippen LogP contribution in [0.2, 0.25) is 5.02 Å². The zero-order chi connectivity index (χ0) is 13.8. The second-order valence-corrected chi connectivity index (χ2v) is 5.49. The van der Waals surface area contributed by atoms with E-state index in [4.69, 9.17) is 11.6 Å². The molecule has 100 valence electrons. The van der Waals surface area contributed by atoms with Crippen LogP contribution in [0, 0.1) is 5.92 Å². The Labute approximate surface area is 124 Å². The monoisotopic (exact) mass is 281 g/mol. The number of nitrogens with zero attached hydrogens (tertiary/aromatic N) is 1. The minimum atomic E-state index is 0.514.